The molecule has 1 atom stereocenters. The number of rotatable bonds is 1. The Labute approximate surface area is 66.1 Å². The molecule has 1 N–H and O–H groups in total. The molecule has 4 heteroatoms. The van der Waals surface area contributed by atoms with Gasteiger partial charge < -0.3 is 4.55 Å². The van der Waals surface area contributed by atoms with Crippen LogP contribution in [0.1, 0.15) is 0 Å². The summed E-state index contributed by atoms with van der Waals surface area (Å²) in [6.45, 7) is 0. The van der Waals surface area contributed by atoms with Gasteiger partial charge in [0.25, 0.3) is 0 Å². The van der Waals surface area contributed by atoms with Crippen molar-refractivity contribution < 1.29 is 8.76 Å². The van der Waals surface area contributed by atoms with Crippen LogP contribution < -0.4 is 0 Å². The van der Waals surface area contributed by atoms with Gasteiger partial charge >= 0.3 is 0 Å². The van der Waals surface area contributed by atoms with Crippen molar-refractivity contribution in [1.29, 1.82) is 0 Å². The molecule has 0 bridgehead atoms. The van der Waals surface area contributed by atoms with E-state index in [2.05, 4.69) is 0 Å². The first-order valence-electron chi connectivity index (χ1n) is 2.57. The fraction of sp³-hybridized carbons (Fsp3) is 0. The third kappa shape index (κ3) is 1.56. The third-order valence-corrected chi connectivity index (χ3v) is 2.20. The summed E-state index contributed by atoms with van der Waals surface area (Å²) in [6.07, 6.45) is 0. The second-order valence-electron chi connectivity index (χ2n) is 1.68. The van der Waals surface area contributed by atoms with Crippen LogP contribution >= 0.6 is 11.6 Å². The van der Waals surface area contributed by atoms with Crippen LogP contribution in [0.3, 0.4) is 0 Å². The van der Waals surface area contributed by atoms with E-state index >= 15 is 0 Å². The molecule has 1 rings (SSSR count). The Morgan fingerprint density at radius 3 is 2.40 bits per heavy atom. The second-order valence-corrected chi connectivity index (χ2v) is 3.02. The van der Waals surface area contributed by atoms with Crippen LogP contribution in [0.2, 0.25) is 5.02 Å². The van der Waals surface area contributed by atoms with Crippen molar-refractivity contribution in [1.82, 2.24) is 0 Å². The highest BCUT2D eigenvalue weighted by Crippen LogP contribution is 2.16. The smallest absolute Gasteiger partial charge is 0.188 e. The zero-order valence-electron chi connectivity index (χ0n) is 4.95. The molecule has 1 unspecified atom stereocenters. The van der Waals surface area contributed by atoms with Gasteiger partial charge in [-0.3, -0.25) is 0 Å². The van der Waals surface area contributed by atoms with E-state index in [1.54, 1.807) is 18.2 Å². The molecular weight excluding hydrogens is 172 g/mol. The maximum absolute atomic E-state index is 10.4. The fourth-order valence-corrected chi connectivity index (χ4v) is 1.35. The van der Waals surface area contributed by atoms with Crippen molar-refractivity contribution in [2.45, 2.75) is 4.90 Å². The molecule has 0 aromatic heterocycles. The Balaban J connectivity index is 3.15. The summed E-state index contributed by atoms with van der Waals surface area (Å²) in [5, 5.41) is 0.323. The van der Waals surface area contributed by atoms with Crippen molar-refractivity contribution in [2.24, 2.45) is 0 Å². The summed E-state index contributed by atoms with van der Waals surface area (Å²) in [5.41, 5.74) is 0. The molecule has 2 nitrogen and oxygen atoms in total. The van der Waals surface area contributed by atoms with Gasteiger partial charge in [0, 0.05) is 0 Å². The van der Waals surface area contributed by atoms with Gasteiger partial charge in [-0.2, -0.15) is 0 Å². The van der Waals surface area contributed by atoms with E-state index in [1.807, 2.05) is 0 Å². The van der Waals surface area contributed by atoms with Crippen LogP contribution in [-0.2, 0) is 11.1 Å². The quantitative estimate of drug-likeness (QED) is 0.664. The summed E-state index contributed by atoms with van der Waals surface area (Å²) in [6, 6.07) is 6.46. The van der Waals surface area contributed by atoms with Crippen molar-refractivity contribution >= 4 is 22.7 Å². The third-order valence-electron chi connectivity index (χ3n) is 1.02. The lowest BCUT2D eigenvalue weighted by atomic mass is 10.4. The van der Waals surface area contributed by atoms with Crippen LogP contribution in [0, 0.1) is 0 Å². The summed E-state index contributed by atoms with van der Waals surface area (Å²) < 4.78 is 19.0. The summed E-state index contributed by atoms with van der Waals surface area (Å²) in [4.78, 5) is 0.254. The monoisotopic (exact) mass is 176 g/mol. The second kappa shape index (κ2) is 3.14. The van der Waals surface area contributed by atoms with E-state index in [9.17, 15) is 4.21 Å². The maximum Gasteiger partial charge on any atom is 0.188 e. The Hall–Kier alpha value is -0.380. The molecule has 1 aromatic carbocycles. The molecule has 54 valence electrons. The molecule has 1 aromatic rings. The van der Waals surface area contributed by atoms with Gasteiger partial charge in [-0.15, -0.1) is 0 Å². The highest BCUT2D eigenvalue weighted by atomic mass is 35.5. The van der Waals surface area contributed by atoms with Gasteiger partial charge in [-0.1, -0.05) is 23.7 Å². The van der Waals surface area contributed by atoms with Gasteiger partial charge in [0.2, 0.25) is 0 Å². The van der Waals surface area contributed by atoms with Gasteiger partial charge in [0.05, 0.1) is 9.92 Å². The molecule has 0 amide bonds. The van der Waals surface area contributed by atoms with Gasteiger partial charge in [-0.05, 0) is 12.1 Å². The number of hydrogen-bond acceptors (Lipinski definition) is 1. The first-order chi connectivity index (χ1) is 4.72. The Morgan fingerprint density at radius 1 is 1.40 bits per heavy atom. The molecule has 10 heavy (non-hydrogen) atoms. The molecule has 0 spiro atoms. The predicted molar refractivity (Wildman–Crippen MR) is 40.5 cm³/mol. The van der Waals surface area contributed by atoms with E-state index in [-0.39, 0.29) is 4.90 Å². The Bertz CT molecular complexity index is 262. The van der Waals surface area contributed by atoms with Crippen LogP contribution in [0.5, 0.6) is 0 Å². The lowest BCUT2D eigenvalue weighted by Gasteiger charge is -1.95. The fourth-order valence-electron chi connectivity index (χ4n) is 0.586. The number of benzene rings is 1. The average Bonchev–Trinajstić information content (AvgIpc) is 1.88. The summed E-state index contributed by atoms with van der Waals surface area (Å²) in [5.74, 6) is 0. The Morgan fingerprint density at radius 2 is 2.00 bits per heavy atom. The van der Waals surface area contributed by atoms with Crippen molar-refractivity contribution in [3.63, 3.8) is 0 Å². The summed E-state index contributed by atoms with van der Waals surface area (Å²) >= 11 is 3.59. The van der Waals surface area contributed by atoms with E-state index < -0.39 is 11.1 Å². The number of halogens is 1. The topological polar surface area (TPSA) is 37.3 Å². The zero-order chi connectivity index (χ0) is 7.56. The lowest BCUT2D eigenvalue weighted by Crippen LogP contribution is -1.87. The molecule has 0 aliphatic heterocycles. The molecule has 0 aliphatic carbocycles. The first kappa shape index (κ1) is 7.72. The van der Waals surface area contributed by atoms with E-state index in [0.29, 0.717) is 5.02 Å². The normalized spacial score (nSPS) is 13.0. The summed E-state index contributed by atoms with van der Waals surface area (Å²) in [7, 11) is 0. The minimum absolute atomic E-state index is 0.254. The van der Waals surface area contributed by atoms with Gasteiger partial charge in [-0.25, -0.2) is 4.21 Å². The van der Waals surface area contributed by atoms with E-state index in [1.165, 1.54) is 6.07 Å². The minimum atomic E-state index is -1.97. The standard InChI is InChI=1S/C6H5ClO2S/c7-5-3-1-2-4-6(5)10(8)9/h1-4H,(H,8,9). The minimum Gasteiger partial charge on any atom is -0.302 e. The van der Waals surface area contributed by atoms with E-state index in [4.69, 9.17) is 16.2 Å². The van der Waals surface area contributed by atoms with Crippen molar-refractivity contribution in [2.75, 3.05) is 0 Å². The molecule has 0 aliphatic rings. The predicted octanol–water partition coefficient (Wildman–Crippen LogP) is 1.92. The van der Waals surface area contributed by atoms with Gasteiger partial charge in [0.15, 0.2) is 11.1 Å². The highest BCUT2D eigenvalue weighted by molar-refractivity contribution is 7.79. The number of hydrogen-bond donors (Lipinski definition) is 1. The molecule has 0 radical (unpaired) electrons. The Kier molecular flexibility index (Phi) is 2.43. The molecular formula is C6H5ClO2S. The van der Waals surface area contributed by atoms with Crippen LogP contribution in [0.4, 0.5) is 0 Å². The maximum atomic E-state index is 10.4. The van der Waals surface area contributed by atoms with E-state index in [0.717, 1.165) is 0 Å². The molecule has 0 fully saturated rings. The molecule has 0 saturated heterocycles. The van der Waals surface area contributed by atoms with Crippen LogP contribution in [0.25, 0.3) is 0 Å². The highest BCUT2D eigenvalue weighted by Gasteiger charge is 2.02. The van der Waals surface area contributed by atoms with Gasteiger partial charge in [0.1, 0.15) is 0 Å². The van der Waals surface area contributed by atoms with Crippen molar-refractivity contribution in [3.8, 4) is 0 Å². The zero-order valence-corrected chi connectivity index (χ0v) is 6.52. The molecule has 0 saturated carbocycles. The SMILES string of the molecule is O=S(O)c1ccccc1Cl. The molecule has 0 heterocycles. The van der Waals surface area contributed by atoms with Crippen molar-refractivity contribution in [3.05, 3.63) is 29.3 Å². The average molecular weight is 177 g/mol. The van der Waals surface area contributed by atoms with Crippen LogP contribution in [-0.4, -0.2) is 8.76 Å². The lowest BCUT2D eigenvalue weighted by molar-refractivity contribution is 0.564. The first-order valence-corrected chi connectivity index (χ1v) is 4.05. The van der Waals surface area contributed by atoms with Crippen LogP contribution in [0.15, 0.2) is 29.2 Å². The largest absolute Gasteiger partial charge is 0.302 e.